The zero-order valence-corrected chi connectivity index (χ0v) is 9.12. The second-order valence-corrected chi connectivity index (χ2v) is 4.41. The Balaban J connectivity index is -0.0000000400. The van der Waals surface area contributed by atoms with Gasteiger partial charge >= 0.3 is 16.5 Å². The zero-order valence-electron chi connectivity index (χ0n) is 2.92. The summed E-state index contributed by atoms with van der Waals surface area (Å²) in [6.45, 7) is 1.39. The topological polar surface area (TPSA) is 0 Å². The quantitative estimate of drug-likeness (QED) is 0.385. The van der Waals surface area contributed by atoms with Crippen LogP contribution in [0.2, 0.25) is 0 Å². The monoisotopic (exact) mass is 250 g/mol. The van der Waals surface area contributed by atoms with Crippen LogP contribution < -0.4 is 0 Å². The van der Waals surface area contributed by atoms with Gasteiger partial charge in [-0.3, -0.25) is 0 Å². The van der Waals surface area contributed by atoms with Crippen LogP contribution >= 0.6 is 37.6 Å². The molecule has 0 N–H and O–H groups in total. The molecule has 0 aromatic heterocycles. The van der Waals surface area contributed by atoms with Gasteiger partial charge in [0.25, 0.3) is 0 Å². The average molecular weight is 251 g/mol. The largest absolute Gasteiger partial charge is 2.00 e. The first-order valence-electron chi connectivity index (χ1n) is 0.765. The third-order valence-electron chi connectivity index (χ3n) is 0. The molecule has 0 atom stereocenters. The Bertz CT molecular complexity index is 30.7. The van der Waals surface area contributed by atoms with Crippen LogP contribution in [0, 0.1) is 0 Å². The van der Waals surface area contributed by atoms with E-state index in [1.165, 1.54) is 0 Å². The molecule has 0 saturated heterocycles. The molecule has 7 heavy (non-hydrogen) atoms. The van der Waals surface area contributed by atoms with Gasteiger partial charge < -0.3 is 0 Å². The molecule has 0 fully saturated rings. The molecule has 0 saturated carbocycles. The Labute approximate surface area is 77.1 Å². The van der Waals surface area contributed by atoms with Crippen molar-refractivity contribution in [1.29, 1.82) is 0 Å². The maximum atomic E-state index is 4.23. The normalized spacial score (nSPS) is 6.00. The van der Waals surface area contributed by atoms with Gasteiger partial charge in [0.05, 0.1) is 0 Å². The van der Waals surface area contributed by atoms with Gasteiger partial charge in [-0.25, -0.2) is 0 Å². The zero-order chi connectivity index (χ0) is 5.41. The molecular formula is H2NiP2S4+2. The van der Waals surface area contributed by atoms with Gasteiger partial charge in [0.1, 0.15) is 0 Å². The van der Waals surface area contributed by atoms with E-state index in [1.807, 2.05) is 0 Å². The summed E-state index contributed by atoms with van der Waals surface area (Å²) < 4.78 is 0. The number of hydrogen-bond donors (Lipinski definition) is 2. The third kappa shape index (κ3) is 64.1. The van der Waals surface area contributed by atoms with E-state index in [4.69, 9.17) is 0 Å². The van der Waals surface area contributed by atoms with E-state index in [2.05, 4.69) is 48.1 Å². The van der Waals surface area contributed by atoms with Crippen LogP contribution in [0.5, 0.6) is 0 Å². The maximum Gasteiger partial charge on any atom is 2.00 e. The minimum Gasteiger partial charge on any atom is -0.108 e. The fraction of sp³-hybridized carbons (Fsp3) is 0. The Morgan fingerprint density at radius 3 is 1.00 bits per heavy atom. The maximum absolute atomic E-state index is 4.23. The van der Waals surface area contributed by atoms with Crippen LogP contribution in [-0.4, -0.2) is 0 Å². The molecule has 0 aliphatic carbocycles. The molecule has 0 unspecified atom stereocenters. The van der Waals surface area contributed by atoms with Crippen molar-refractivity contribution >= 4 is 61.2 Å². The van der Waals surface area contributed by atoms with Gasteiger partial charge in [-0.05, 0) is 23.6 Å². The summed E-state index contributed by atoms with van der Waals surface area (Å²) in [6, 6.07) is 0. The first kappa shape index (κ1) is 16.1. The van der Waals surface area contributed by atoms with Crippen LogP contribution in [0.1, 0.15) is 0 Å². The van der Waals surface area contributed by atoms with E-state index in [0.29, 0.717) is 13.1 Å². The second-order valence-electron chi connectivity index (χ2n) is 0.163. The molecule has 0 spiro atoms. The van der Waals surface area contributed by atoms with Crippen molar-refractivity contribution in [3.8, 4) is 0 Å². The van der Waals surface area contributed by atoms with E-state index < -0.39 is 0 Å². The molecule has 0 aliphatic heterocycles. The van der Waals surface area contributed by atoms with Crippen LogP contribution in [0.4, 0.5) is 0 Å². The van der Waals surface area contributed by atoms with Gasteiger partial charge in [0.15, 0.2) is 0 Å². The molecule has 0 bridgehead atoms. The summed E-state index contributed by atoms with van der Waals surface area (Å²) in [5.74, 6) is 0. The van der Waals surface area contributed by atoms with Crippen molar-refractivity contribution in [2.24, 2.45) is 0 Å². The van der Waals surface area contributed by atoms with E-state index in [9.17, 15) is 0 Å². The van der Waals surface area contributed by atoms with Crippen molar-refractivity contribution in [2.45, 2.75) is 0 Å². The fourth-order valence-electron chi connectivity index (χ4n) is 0. The Morgan fingerprint density at radius 1 is 1.00 bits per heavy atom. The minimum absolute atomic E-state index is 0. The van der Waals surface area contributed by atoms with E-state index in [-0.39, 0.29) is 16.5 Å². The number of rotatable bonds is 0. The SMILES string of the molecule is S=PS.S=PS.[Ni+2]. The Kier molecular flexibility index (Phi) is 55.3. The van der Waals surface area contributed by atoms with Crippen molar-refractivity contribution in [1.82, 2.24) is 0 Å². The minimum atomic E-state index is 0. The molecule has 0 aliphatic rings. The van der Waals surface area contributed by atoms with E-state index >= 15 is 0 Å². The number of thiol groups is 2. The molecule has 0 aromatic rings. The molecule has 0 rings (SSSR count). The van der Waals surface area contributed by atoms with Crippen molar-refractivity contribution in [3.63, 3.8) is 0 Å². The standard InChI is InChI=1S/Ni.2HPS2/c;2*2-1-3/h;2*(H,2,3)/q+2;;. The summed E-state index contributed by atoms with van der Waals surface area (Å²) in [5.41, 5.74) is 0. The van der Waals surface area contributed by atoms with Crippen LogP contribution in [-0.2, 0) is 40.1 Å². The predicted molar refractivity (Wildman–Crippen MR) is 46.5 cm³/mol. The Hall–Kier alpha value is 2.23. The van der Waals surface area contributed by atoms with Gasteiger partial charge in [-0.15, -0.1) is 24.5 Å². The predicted octanol–water partition coefficient (Wildman–Crippen LogP) is 2.48. The molecule has 44 valence electrons. The van der Waals surface area contributed by atoms with Gasteiger partial charge in [0, 0.05) is 13.1 Å². The summed E-state index contributed by atoms with van der Waals surface area (Å²) in [4.78, 5) is 0. The first-order valence-corrected chi connectivity index (χ1v) is 6.89. The van der Waals surface area contributed by atoms with Crippen LogP contribution in [0.15, 0.2) is 0 Å². The Morgan fingerprint density at radius 2 is 1.00 bits per heavy atom. The van der Waals surface area contributed by atoms with Crippen molar-refractivity contribution < 1.29 is 16.5 Å². The van der Waals surface area contributed by atoms with Crippen LogP contribution in [0.25, 0.3) is 0 Å². The summed E-state index contributed by atoms with van der Waals surface area (Å²) in [6.07, 6.45) is 0. The van der Waals surface area contributed by atoms with Crippen molar-refractivity contribution in [3.05, 3.63) is 0 Å². The average Bonchev–Trinajstić information content (AvgIpc) is 1.39. The van der Waals surface area contributed by atoms with Crippen molar-refractivity contribution in [2.75, 3.05) is 0 Å². The van der Waals surface area contributed by atoms with E-state index in [0.717, 1.165) is 0 Å². The molecule has 0 aromatic carbocycles. The molecule has 0 radical (unpaired) electrons. The van der Waals surface area contributed by atoms with Gasteiger partial charge in [-0.1, -0.05) is 0 Å². The molecule has 7 heteroatoms. The molecule has 0 amide bonds. The summed E-state index contributed by atoms with van der Waals surface area (Å²) >= 11 is 15.6. The fourth-order valence-corrected chi connectivity index (χ4v) is 0. The second kappa shape index (κ2) is 24.0. The molecule has 0 nitrogen and oxygen atoms in total. The van der Waals surface area contributed by atoms with E-state index in [1.54, 1.807) is 0 Å². The smallest absolute Gasteiger partial charge is 0.108 e. The first-order chi connectivity index (χ1) is 2.83. The number of hydrogen-bond acceptors (Lipinski definition) is 2. The summed E-state index contributed by atoms with van der Waals surface area (Å²) in [7, 11) is 0. The van der Waals surface area contributed by atoms with Crippen LogP contribution in [0.3, 0.4) is 0 Å². The third-order valence-corrected chi connectivity index (χ3v) is 0. The van der Waals surface area contributed by atoms with Gasteiger partial charge in [-0.2, -0.15) is 0 Å². The molecular weight excluding hydrogens is 249 g/mol. The van der Waals surface area contributed by atoms with Gasteiger partial charge in [0.2, 0.25) is 0 Å². The summed E-state index contributed by atoms with van der Waals surface area (Å²) in [5, 5.41) is 0. The molecule has 0 heterocycles.